The van der Waals surface area contributed by atoms with Crippen LogP contribution in [0.1, 0.15) is 26.2 Å². The molecule has 12 heteroatoms. The molecule has 0 aromatic heterocycles. The number of nitrogens with zero attached hydrogens (tertiary/aromatic N) is 1. The highest BCUT2D eigenvalue weighted by atomic mass is 32.2. The summed E-state index contributed by atoms with van der Waals surface area (Å²) < 4.78 is 0. The van der Waals surface area contributed by atoms with Crippen LogP contribution in [0.3, 0.4) is 0 Å². The number of carboxylic acid groups (broad SMARTS) is 1. The van der Waals surface area contributed by atoms with Crippen LogP contribution in [0.5, 0.6) is 0 Å². The summed E-state index contributed by atoms with van der Waals surface area (Å²) in [5, 5.41) is 32.8. The lowest BCUT2D eigenvalue weighted by molar-refractivity contribution is -0.147. The first kappa shape index (κ1) is 25.1. The van der Waals surface area contributed by atoms with Crippen LogP contribution >= 0.6 is 11.8 Å². The van der Waals surface area contributed by atoms with Gasteiger partial charge >= 0.3 is 5.97 Å². The van der Waals surface area contributed by atoms with Crippen LogP contribution in [0.15, 0.2) is 0 Å². The van der Waals surface area contributed by atoms with Crippen molar-refractivity contribution < 1.29 is 34.5 Å². The van der Waals surface area contributed by atoms with Crippen molar-refractivity contribution in [2.75, 3.05) is 25.2 Å². The van der Waals surface area contributed by atoms with Crippen LogP contribution in [-0.4, -0.2) is 99.3 Å². The fourth-order valence-electron chi connectivity index (χ4n) is 2.98. The number of carbonyl (C=O) groups excluding carboxylic acids is 3. The van der Waals surface area contributed by atoms with Crippen molar-refractivity contribution in [2.45, 2.75) is 56.5 Å². The van der Waals surface area contributed by atoms with Gasteiger partial charge in [-0.05, 0) is 38.2 Å². The molecule has 29 heavy (non-hydrogen) atoms. The Bertz CT molecular complexity index is 604. The molecule has 7 N–H and O–H groups in total. The summed E-state index contributed by atoms with van der Waals surface area (Å²) in [6.45, 7) is 0.776. The normalized spacial score (nSPS) is 20.4. The lowest BCUT2D eigenvalue weighted by atomic mass is 10.1. The fourth-order valence-corrected chi connectivity index (χ4v) is 3.47. The number of aliphatic carboxylic acids is 1. The predicted octanol–water partition coefficient (Wildman–Crippen LogP) is -2.51. The van der Waals surface area contributed by atoms with Gasteiger partial charge in [-0.2, -0.15) is 11.8 Å². The van der Waals surface area contributed by atoms with E-state index in [9.17, 15) is 29.4 Å². The SMILES string of the molecule is CSCCC(N)C(=O)NC(CO)C(=O)N1CCCC1C(=O)NC(C(=O)O)C(C)O. The molecular weight excluding hydrogens is 404 g/mol. The molecule has 166 valence electrons. The minimum absolute atomic E-state index is 0.217. The predicted molar refractivity (Wildman–Crippen MR) is 106 cm³/mol. The van der Waals surface area contributed by atoms with Crippen LogP contribution < -0.4 is 16.4 Å². The van der Waals surface area contributed by atoms with E-state index < -0.39 is 60.6 Å². The third-order valence-corrected chi connectivity index (χ3v) is 5.30. The van der Waals surface area contributed by atoms with Gasteiger partial charge in [-0.15, -0.1) is 0 Å². The number of likely N-dealkylation sites (tertiary alicyclic amines) is 1. The Kier molecular flexibility index (Phi) is 10.4. The zero-order valence-electron chi connectivity index (χ0n) is 16.5. The van der Waals surface area contributed by atoms with Crippen LogP contribution in [0, 0.1) is 0 Å². The molecule has 0 spiro atoms. The first-order chi connectivity index (χ1) is 13.6. The van der Waals surface area contributed by atoms with Gasteiger partial charge in [0.25, 0.3) is 0 Å². The Morgan fingerprint density at radius 1 is 1.28 bits per heavy atom. The van der Waals surface area contributed by atoms with Crippen molar-refractivity contribution >= 4 is 35.5 Å². The number of hydrogen-bond donors (Lipinski definition) is 6. The maximum Gasteiger partial charge on any atom is 0.328 e. The third-order valence-electron chi connectivity index (χ3n) is 4.65. The van der Waals surface area contributed by atoms with E-state index in [1.807, 2.05) is 6.26 Å². The molecule has 0 radical (unpaired) electrons. The first-order valence-electron chi connectivity index (χ1n) is 9.31. The summed E-state index contributed by atoms with van der Waals surface area (Å²) in [7, 11) is 0. The van der Waals surface area contributed by atoms with Crippen molar-refractivity contribution in [2.24, 2.45) is 5.73 Å². The van der Waals surface area contributed by atoms with Gasteiger partial charge in [-0.3, -0.25) is 14.4 Å². The molecule has 11 nitrogen and oxygen atoms in total. The van der Waals surface area contributed by atoms with E-state index in [0.29, 0.717) is 25.0 Å². The highest BCUT2D eigenvalue weighted by molar-refractivity contribution is 7.98. The van der Waals surface area contributed by atoms with Gasteiger partial charge in [0.2, 0.25) is 17.7 Å². The number of rotatable bonds is 11. The minimum Gasteiger partial charge on any atom is -0.480 e. The minimum atomic E-state index is -1.51. The number of carbonyl (C=O) groups is 4. The average Bonchev–Trinajstić information content (AvgIpc) is 3.16. The number of thioether (sulfide) groups is 1. The van der Waals surface area contributed by atoms with E-state index >= 15 is 0 Å². The van der Waals surface area contributed by atoms with Gasteiger partial charge in [0.1, 0.15) is 12.1 Å². The zero-order valence-corrected chi connectivity index (χ0v) is 17.4. The topological polar surface area (TPSA) is 182 Å². The molecule has 1 fully saturated rings. The van der Waals surface area contributed by atoms with Crippen LogP contribution in [-0.2, 0) is 19.2 Å². The summed E-state index contributed by atoms with van der Waals surface area (Å²) in [6, 6.07) is -4.56. The van der Waals surface area contributed by atoms with E-state index in [-0.39, 0.29) is 6.54 Å². The van der Waals surface area contributed by atoms with E-state index in [2.05, 4.69) is 10.6 Å². The summed E-state index contributed by atoms with van der Waals surface area (Å²) in [5.74, 6) is -2.69. The second-order valence-corrected chi connectivity index (χ2v) is 7.87. The Morgan fingerprint density at radius 3 is 2.45 bits per heavy atom. The molecule has 0 aromatic rings. The molecule has 1 rings (SSSR count). The van der Waals surface area contributed by atoms with E-state index in [0.717, 1.165) is 0 Å². The Labute approximate surface area is 173 Å². The molecule has 0 bridgehead atoms. The molecular formula is C17H30N4O7S. The number of hydrogen-bond acceptors (Lipinski definition) is 8. The maximum atomic E-state index is 12.8. The number of amides is 3. The molecule has 1 saturated heterocycles. The molecule has 5 atom stereocenters. The number of nitrogens with one attached hydrogen (secondary N) is 2. The largest absolute Gasteiger partial charge is 0.480 e. The molecule has 0 saturated carbocycles. The molecule has 0 aliphatic carbocycles. The van der Waals surface area contributed by atoms with Crippen LogP contribution in [0.25, 0.3) is 0 Å². The van der Waals surface area contributed by atoms with E-state index in [1.54, 1.807) is 0 Å². The van der Waals surface area contributed by atoms with Gasteiger partial charge in [-0.25, -0.2) is 4.79 Å². The van der Waals surface area contributed by atoms with Gasteiger partial charge in [-0.1, -0.05) is 0 Å². The standard InChI is InChI=1S/C17H30N4O7S/c1-9(23)13(17(27)28)20-15(25)12-4-3-6-21(12)16(26)11(8-22)19-14(24)10(18)5-7-29-2/h9-13,22-23H,3-8,18H2,1-2H3,(H,19,24)(H,20,25)(H,27,28). The lowest BCUT2D eigenvalue weighted by Gasteiger charge is -2.29. The third kappa shape index (κ3) is 7.14. The van der Waals surface area contributed by atoms with Crippen molar-refractivity contribution in [3.05, 3.63) is 0 Å². The van der Waals surface area contributed by atoms with Gasteiger partial charge in [0.15, 0.2) is 6.04 Å². The van der Waals surface area contributed by atoms with Crippen molar-refractivity contribution in [3.8, 4) is 0 Å². The Hall–Kier alpha value is -1.89. The molecule has 3 amide bonds. The fraction of sp³-hybridized carbons (Fsp3) is 0.765. The van der Waals surface area contributed by atoms with E-state index in [1.165, 1.54) is 23.6 Å². The highest BCUT2D eigenvalue weighted by Gasteiger charge is 2.39. The second-order valence-electron chi connectivity index (χ2n) is 6.89. The van der Waals surface area contributed by atoms with E-state index in [4.69, 9.17) is 10.8 Å². The second kappa shape index (κ2) is 12.0. The monoisotopic (exact) mass is 434 g/mol. The molecule has 0 aromatic carbocycles. The Morgan fingerprint density at radius 2 is 1.93 bits per heavy atom. The smallest absolute Gasteiger partial charge is 0.328 e. The average molecular weight is 435 g/mol. The molecule has 1 aliphatic heterocycles. The highest BCUT2D eigenvalue weighted by Crippen LogP contribution is 2.19. The zero-order chi connectivity index (χ0) is 22.1. The molecule has 1 aliphatic rings. The van der Waals surface area contributed by atoms with Gasteiger partial charge in [0, 0.05) is 6.54 Å². The van der Waals surface area contributed by atoms with Crippen molar-refractivity contribution in [1.82, 2.24) is 15.5 Å². The van der Waals surface area contributed by atoms with Crippen LogP contribution in [0.4, 0.5) is 0 Å². The van der Waals surface area contributed by atoms with Gasteiger partial charge in [0.05, 0.1) is 18.8 Å². The van der Waals surface area contributed by atoms with Crippen LogP contribution in [0.2, 0.25) is 0 Å². The number of aliphatic hydroxyl groups excluding tert-OH is 2. The maximum absolute atomic E-state index is 12.8. The summed E-state index contributed by atoms with van der Waals surface area (Å²) in [6.07, 6.45) is 1.74. The summed E-state index contributed by atoms with van der Waals surface area (Å²) in [5.41, 5.74) is 5.77. The molecule has 5 unspecified atom stereocenters. The quantitative estimate of drug-likeness (QED) is 0.204. The van der Waals surface area contributed by atoms with Gasteiger partial charge < -0.3 is 36.6 Å². The number of aliphatic hydroxyl groups is 2. The van der Waals surface area contributed by atoms with Crippen molar-refractivity contribution in [1.29, 1.82) is 0 Å². The lowest BCUT2D eigenvalue weighted by Crippen LogP contribution is -2.58. The molecule has 1 heterocycles. The summed E-state index contributed by atoms with van der Waals surface area (Å²) in [4.78, 5) is 49.8. The van der Waals surface area contributed by atoms with Crippen molar-refractivity contribution in [3.63, 3.8) is 0 Å². The number of carboxylic acids is 1. The number of nitrogens with two attached hydrogens (primary N) is 1. The summed E-state index contributed by atoms with van der Waals surface area (Å²) >= 11 is 1.52. The first-order valence-corrected chi connectivity index (χ1v) is 10.7. The Balaban J connectivity index is 2.80.